The third-order valence-corrected chi connectivity index (χ3v) is 5.05. The average molecular weight is 374 g/mol. The van der Waals surface area contributed by atoms with Gasteiger partial charge in [0.05, 0.1) is 4.47 Å². The lowest BCUT2D eigenvalue weighted by Crippen LogP contribution is -2.42. The molecule has 1 saturated heterocycles. The Morgan fingerprint density at radius 3 is 2.87 bits per heavy atom. The van der Waals surface area contributed by atoms with E-state index in [1.165, 1.54) is 12.8 Å². The summed E-state index contributed by atoms with van der Waals surface area (Å²) in [6.45, 7) is 1.99. The summed E-state index contributed by atoms with van der Waals surface area (Å²) in [5.74, 6) is 3.56. The van der Waals surface area contributed by atoms with Crippen LogP contribution in [0.15, 0.2) is 35.1 Å². The van der Waals surface area contributed by atoms with Crippen LogP contribution in [0.25, 0.3) is 0 Å². The van der Waals surface area contributed by atoms with Crippen LogP contribution in [0, 0.1) is 0 Å². The maximum atomic E-state index is 4.68. The van der Waals surface area contributed by atoms with Crippen molar-refractivity contribution in [3.63, 3.8) is 0 Å². The molecule has 1 aliphatic carbocycles. The van der Waals surface area contributed by atoms with Gasteiger partial charge in [0.15, 0.2) is 0 Å². The van der Waals surface area contributed by atoms with E-state index in [0.717, 1.165) is 47.9 Å². The SMILES string of the molecule is Brc1cccnc1N1CCCC(Nc2ccnc(C3CC3)n2)C1. The van der Waals surface area contributed by atoms with Gasteiger partial charge in [-0.25, -0.2) is 15.0 Å². The van der Waals surface area contributed by atoms with Gasteiger partial charge in [0.25, 0.3) is 0 Å². The second-order valence-corrected chi connectivity index (χ2v) is 7.17. The van der Waals surface area contributed by atoms with E-state index >= 15 is 0 Å². The highest BCUT2D eigenvalue weighted by Crippen LogP contribution is 2.38. The van der Waals surface area contributed by atoms with Gasteiger partial charge in [-0.05, 0) is 59.8 Å². The molecule has 1 N–H and O–H groups in total. The van der Waals surface area contributed by atoms with Crippen LogP contribution in [0.2, 0.25) is 0 Å². The molecule has 1 saturated carbocycles. The number of aromatic nitrogens is 3. The highest BCUT2D eigenvalue weighted by molar-refractivity contribution is 9.10. The zero-order valence-corrected chi connectivity index (χ0v) is 14.5. The van der Waals surface area contributed by atoms with Crippen molar-refractivity contribution in [2.45, 2.75) is 37.6 Å². The van der Waals surface area contributed by atoms with Crippen molar-refractivity contribution in [3.05, 3.63) is 40.9 Å². The third kappa shape index (κ3) is 3.47. The van der Waals surface area contributed by atoms with Gasteiger partial charge in [-0.1, -0.05) is 0 Å². The molecule has 2 aromatic rings. The van der Waals surface area contributed by atoms with Gasteiger partial charge in [-0.2, -0.15) is 0 Å². The second kappa shape index (κ2) is 6.43. The summed E-state index contributed by atoms with van der Waals surface area (Å²) >= 11 is 3.61. The minimum absolute atomic E-state index is 0.389. The van der Waals surface area contributed by atoms with E-state index in [4.69, 9.17) is 0 Å². The lowest BCUT2D eigenvalue weighted by atomic mass is 10.1. The van der Waals surface area contributed by atoms with Crippen LogP contribution in [0.4, 0.5) is 11.6 Å². The lowest BCUT2D eigenvalue weighted by molar-refractivity contribution is 0.525. The van der Waals surface area contributed by atoms with E-state index in [1.54, 1.807) is 0 Å². The fourth-order valence-electron chi connectivity index (χ4n) is 3.10. The predicted octanol–water partition coefficient (Wildman–Crippen LogP) is 3.59. The van der Waals surface area contributed by atoms with Crippen LogP contribution in [-0.4, -0.2) is 34.1 Å². The smallest absolute Gasteiger partial charge is 0.142 e. The largest absolute Gasteiger partial charge is 0.365 e. The van der Waals surface area contributed by atoms with Gasteiger partial charge < -0.3 is 10.2 Å². The Balaban J connectivity index is 1.45. The predicted molar refractivity (Wildman–Crippen MR) is 94.8 cm³/mol. The van der Waals surface area contributed by atoms with E-state index < -0.39 is 0 Å². The van der Waals surface area contributed by atoms with Crippen LogP contribution in [-0.2, 0) is 0 Å². The Morgan fingerprint density at radius 1 is 1.13 bits per heavy atom. The number of hydrogen-bond acceptors (Lipinski definition) is 5. The summed E-state index contributed by atoms with van der Waals surface area (Å²) in [5, 5.41) is 3.59. The number of nitrogens with one attached hydrogen (secondary N) is 1. The molecule has 0 radical (unpaired) electrons. The van der Waals surface area contributed by atoms with Crippen molar-refractivity contribution in [3.8, 4) is 0 Å². The number of halogens is 1. The van der Waals surface area contributed by atoms with Crippen LogP contribution in [0.5, 0.6) is 0 Å². The van der Waals surface area contributed by atoms with Crippen molar-refractivity contribution in [2.75, 3.05) is 23.3 Å². The molecule has 3 heterocycles. The van der Waals surface area contributed by atoms with Gasteiger partial charge in [-0.15, -0.1) is 0 Å². The van der Waals surface area contributed by atoms with Gasteiger partial charge in [-0.3, -0.25) is 0 Å². The summed E-state index contributed by atoms with van der Waals surface area (Å²) in [6.07, 6.45) is 8.50. The molecule has 5 nitrogen and oxygen atoms in total. The van der Waals surface area contributed by atoms with E-state index in [9.17, 15) is 0 Å². The first-order valence-corrected chi connectivity index (χ1v) is 9.04. The van der Waals surface area contributed by atoms with Gasteiger partial charge >= 0.3 is 0 Å². The molecule has 1 aliphatic heterocycles. The van der Waals surface area contributed by atoms with Gasteiger partial charge in [0.2, 0.25) is 0 Å². The van der Waals surface area contributed by atoms with Crippen LogP contribution in [0.3, 0.4) is 0 Å². The maximum Gasteiger partial charge on any atom is 0.142 e. The number of piperidine rings is 1. The number of nitrogens with zero attached hydrogens (tertiary/aromatic N) is 4. The Morgan fingerprint density at radius 2 is 2.04 bits per heavy atom. The van der Waals surface area contributed by atoms with E-state index in [1.807, 2.05) is 30.6 Å². The fourth-order valence-corrected chi connectivity index (χ4v) is 3.60. The number of anilines is 2. The Labute approximate surface area is 144 Å². The first-order valence-electron chi connectivity index (χ1n) is 8.24. The second-order valence-electron chi connectivity index (χ2n) is 6.31. The molecule has 0 amide bonds. The van der Waals surface area contributed by atoms with E-state index in [0.29, 0.717) is 12.0 Å². The van der Waals surface area contributed by atoms with Crippen molar-refractivity contribution in [2.24, 2.45) is 0 Å². The van der Waals surface area contributed by atoms with Crippen molar-refractivity contribution in [1.82, 2.24) is 15.0 Å². The van der Waals surface area contributed by atoms with Gasteiger partial charge in [0, 0.05) is 37.4 Å². The van der Waals surface area contributed by atoms with E-state index in [2.05, 4.69) is 41.1 Å². The first-order chi connectivity index (χ1) is 11.3. The quantitative estimate of drug-likeness (QED) is 0.887. The summed E-state index contributed by atoms with van der Waals surface area (Å²) in [5.41, 5.74) is 0. The van der Waals surface area contributed by atoms with Crippen molar-refractivity contribution >= 4 is 27.6 Å². The Bertz CT molecular complexity index is 688. The zero-order chi connectivity index (χ0) is 15.6. The molecule has 1 unspecified atom stereocenters. The summed E-state index contributed by atoms with van der Waals surface area (Å²) in [6, 6.07) is 6.36. The molecular weight excluding hydrogens is 354 g/mol. The molecule has 0 bridgehead atoms. The molecule has 1 atom stereocenters. The number of rotatable bonds is 4. The molecule has 2 fully saturated rings. The number of hydrogen-bond donors (Lipinski definition) is 1. The molecule has 0 spiro atoms. The Kier molecular flexibility index (Phi) is 4.16. The monoisotopic (exact) mass is 373 g/mol. The van der Waals surface area contributed by atoms with Crippen molar-refractivity contribution in [1.29, 1.82) is 0 Å². The van der Waals surface area contributed by atoms with Crippen LogP contribution >= 0.6 is 15.9 Å². The lowest BCUT2D eigenvalue weighted by Gasteiger charge is -2.34. The van der Waals surface area contributed by atoms with Gasteiger partial charge in [0.1, 0.15) is 17.5 Å². The fraction of sp³-hybridized carbons (Fsp3) is 0.471. The molecule has 0 aromatic carbocycles. The minimum Gasteiger partial charge on any atom is -0.365 e. The minimum atomic E-state index is 0.389. The Hall–Kier alpha value is -1.69. The highest BCUT2D eigenvalue weighted by atomic mass is 79.9. The van der Waals surface area contributed by atoms with E-state index in [-0.39, 0.29) is 0 Å². The average Bonchev–Trinajstić information content (AvgIpc) is 3.41. The summed E-state index contributed by atoms with van der Waals surface area (Å²) in [4.78, 5) is 15.9. The standard InChI is InChI=1S/C17H20BrN5/c18-14-4-1-8-20-17(14)23-10-2-3-13(11-23)21-15-7-9-19-16(22-15)12-5-6-12/h1,4,7-9,12-13H,2-3,5-6,10-11H2,(H,19,21,22). The first kappa shape index (κ1) is 14.9. The molecular formula is C17H20BrN5. The topological polar surface area (TPSA) is 53.9 Å². The normalized spacial score (nSPS) is 21.3. The molecule has 6 heteroatoms. The molecule has 4 rings (SSSR count). The molecule has 2 aliphatic rings. The molecule has 23 heavy (non-hydrogen) atoms. The van der Waals surface area contributed by atoms with Crippen molar-refractivity contribution < 1.29 is 0 Å². The number of pyridine rings is 1. The highest BCUT2D eigenvalue weighted by Gasteiger charge is 2.27. The zero-order valence-electron chi connectivity index (χ0n) is 13.0. The third-order valence-electron chi connectivity index (χ3n) is 4.43. The van der Waals surface area contributed by atoms with Crippen LogP contribution in [0.1, 0.15) is 37.4 Å². The summed E-state index contributed by atoms with van der Waals surface area (Å²) < 4.78 is 1.05. The maximum absolute atomic E-state index is 4.68. The summed E-state index contributed by atoms with van der Waals surface area (Å²) in [7, 11) is 0. The van der Waals surface area contributed by atoms with Crippen LogP contribution < -0.4 is 10.2 Å². The molecule has 2 aromatic heterocycles. The molecule has 120 valence electrons.